The Bertz CT molecular complexity index is 314. The first-order chi connectivity index (χ1) is 7.13. The minimum Gasteiger partial charge on any atom is -0.302 e. The van der Waals surface area contributed by atoms with Gasteiger partial charge in [0.1, 0.15) is 5.82 Å². The molecule has 0 heterocycles. The third-order valence-corrected chi connectivity index (χ3v) is 2.84. The molecule has 15 heavy (non-hydrogen) atoms. The van der Waals surface area contributed by atoms with E-state index in [0.29, 0.717) is 6.54 Å². The molecule has 0 aromatic heterocycles. The summed E-state index contributed by atoms with van der Waals surface area (Å²) in [6, 6.07) is 5.23. The number of nitrogens with zero attached hydrogens (tertiary/aromatic N) is 1. The van der Waals surface area contributed by atoms with Gasteiger partial charge in [0.25, 0.3) is 0 Å². The van der Waals surface area contributed by atoms with Crippen molar-refractivity contribution in [1.82, 2.24) is 4.90 Å². The smallest absolute Gasteiger partial charge is 0.128 e. The van der Waals surface area contributed by atoms with Crippen molar-refractivity contribution in [3.8, 4) is 0 Å². The lowest BCUT2D eigenvalue weighted by atomic mass is 10.2. The molecule has 0 aliphatic rings. The molecule has 0 fully saturated rings. The molecule has 0 aliphatic carbocycles. The van der Waals surface area contributed by atoms with Crippen LogP contribution in [0, 0.1) is 5.82 Å². The molecule has 0 bridgehead atoms. The Morgan fingerprint density at radius 1 is 1.40 bits per heavy atom. The fraction of sp³-hybridized carbons (Fsp3) is 0.500. The Kier molecular flexibility index (Phi) is 5.26. The molecule has 0 spiro atoms. The van der Waals surface area contributed by atoms with Crippen LogP contribution in [0.1, 0.15) is 25.3 Å². The molecule has 1 nitrogen and oxygen atoms in total. The average Bonchev–Trinajstić information content (AvgIpc) is 2.19. The summed E-state index contributed by atoms with van der Waals surface area (Å²) < 4.78 is 14.3. The first kappa shape index (κ1) is 12.7. The largest absolute Gasteiger partial charge is 0.302 e. The second-order valence-corrected chi connectivity index (χ2v) is 4.74. The fourth-order valence-corrected chi connectivity index (χ4v) is 1.78. The van der Waals surface area contributed by atoms with Crippen LogP contribution >= 0.6 is 15.9 Å². The normalized spacial score (nSPS) is 11.0. The minimum absolute atomic E-state index is 0.132. The Labute approximate surface area is 99.4 Å². The fourth-order valence-electron chi connectivity index (χ4n) is 1.45. The van der Waals surface area contributed by atoms with Crippen molar-refractivity contribution in [2.75, 3.05) is 13.6 Å². The molecule has 0 unspecified atom stereocenters. The molecule has 1 aromatic rings. The van der Waals surface area contributed by atoms with Crippen LogP contribution in [-0.2, 0) is 6.54 Å². The van der Waals surface area contributed by atoms with E-state index < -0.39 is 0 Å². The summed E-state index contributed by atoms with van der Waals surface area (Å²) in [4.78, 5) is 2.15. The van der Waals surface area contributed by atoms with Gasteiger partial charge in [0, 0.05) is 16.6 Å². The van der Waals surface area contributed by atoms with Crippen molar-refractivity contribution in [2.45, 2.75) is 26.3 Å². The predicted molar refractivity (Wildman–Crippen MR) is 65.3 cm³/mol. The van der Waals surface area contributed by atoms with E-state index in [2.05, 4.69) is 27.8 Å². The van der Waals surface area contributed by atoms with Gasteiger partial charge in [-0.1, -0.05) is 35.3 Å². The number of halogens is 2. The summed E-state index contributed by atoms with van der Waals surface area (Å²) in [5, 5.41) is 0. The Morgan fingerprint density at radius 3 is 2.73 bits per heavy atom. The molecule has 0 saturated carbocycles. The van der Waals surface area contributed by atoms with Crippen LogP contribution < -0.4 is 0 Å². The molecule has 0 N–H and O–H groups in total. The standard InChI is InChI=1S/C12H17BrFN/c1-3-4-7-15(2)9-10-5-6-11(13)8-12(10)14/h5-6,8H,3-4,7,9H2,1-2H3. The van der Waals surface area contributed by atoms with E-state index in [-0.39, 0.29) is 5.82 Å². The Morgan fingerprint density at radius 2 is 2.13 bits per heavy atom. The van der Waals surface area contributed by atoms with Gasteiger partial charge < -0.3 is 4.90 Å². The molecule has 0 atom stereocenters. The van der Waals surface area contributed by atoms with Gasteiger partial charge in [-0.3, -0.25) is 0 Å². The van der Waals surface area contributed by atoms with Crippen molar-refractivity contribution in [3.63, 3.8) is 0 Å². The van der Waals surface area contributed by atoms with E-state index >= 15 is 0 Å². The zero-order chi connectivity index (χ0) is 11.3. The maximum Gasteiger partial charge on any atom is 0.128 e. The van der Waals surface area contributed by atoms with E-state index in [1.807, 2.05) is 19.2 Å². The van der Waals surface area contributed by atoms with Crippen LogP contribution in [0.3, 0.4) is 0 Å². The first-order valence-electron chi connectivity index (χ1n) is 5.26. The third kappa shape index (κ3) is 4.31. The van der Waals surface area contributed by atoms with E-state index in [1.165, 1.54) is 12.5 Å². The number of hydrogen-bond acceptors (Lipinski definition) is 1. The lowest BCUT2D eigenvalue weighted by molar-refractivity contribution is 0.315. The highest BCUT2D eigenvalue weighted by Gasteiger charge is 2.05. The second kappa shape index (κ2) is 6.23. The molecular weight excluding hydrogens is 257 g/mol. The van der Waals surface area contributed by atoms with Gasteiger partial charge in [0.15, 0.2) is 0 Å². The number of unbranched alkanes of at least 4 members (excludes halogenated alkanes) is 1. The van der Waals surface area contributed by atoms with E-state index in [0.717, 1.165) is 23.0 Å². The van der Waals surface area contributed by atoms with Crippen LogP contribution in [0.2, 0.25) is 0 Å². The van der Waals surface area contributed by atoms with E-state index in [4.69, 9.17) is 0 Å². The maximum absolute atomic E-state index is 13.5. The Balaban J connectivity index is 2.56. The zero-order valence-electron chi connectivity index (χ0n) is 9.26. The van der Waals surface area contributed by atoms with Gasteiger partial charge >= 0.3 is 0 Å². The van der Waals surface area contributed by atoms with Gasteiger partial charge in [-0.15, -0.1) is 0 Å². The molecule has 0 saturated heterocycles. The first-order valence-corrected chi connectivity index (χ1v) is 6.05. The van der Waals surface area contributed by atoms with Gasteiger partial charge in [0.2, 0.25) is 0 Å². The number of benzene rings is 1. The summed E-state index contributed by atoms with van der Waals surface area (Å²) in [7, 11) is 2.02. The quantitative estimate of drug-likeness (QED) is 0.789. The summed E-state index contributed by atoms with van der Waals surface area (Å²) in [5.74, 6) is -0.132. The summed E-state index contributed by atoms with van der Waals surface area (Å²) in [6.07, 6.45) is 2.34. The molecule has 1 aromatic carbocycles. The molecule has 0 aliphatic heterocycles. The summed E-state index contributed by atoms with van der Waals surface area (Å²) in [6.45, 7) is 3.86. The maximum atomic E-state index is 13.5. The van der Waals surface area contributed by atoms with E-state index in [1.54, 1.807) is 0 Å². The second-order valence-electron chi connectivity index (χ2n) is 3.83. The van der Waals surface area contributed by atoms with Gasteiger partial charge in [-0.2, -0.15) is 0 Å². The molecule has 0 radical (unpaired) electrons. The van der Waals surface area contributed by atoms with E-state index in [9.17, 15) is 4.39 Å². The lowest BCUT2D eigenvalue weighted by Crippen LogP contribution is -2.19. The molecule has 0 amide bonds. The van der Waals surface area contributed by atoms with Crippen molar-refractivity contribution in [2.24, 2.45) is 0 Å². The van der Waals surface area contributed by atoms with Crippen LogP contribution in [-0.4, -0.2) is 18.5 Å². The Hall–Kier alpha value is -0.410. The minimum atomic E-state index is -0.132. The lowest BCUT2D eigenvalue weighted by Gasteiger charge is -2.16. The van der Waals surface area contributed by atoms with Gasteiger partial charge in [0.05, 0.1) is 0 Å². The van der Waals surface area contributed by atoms with Gasteiger partial charge in [-0.25, -0.2) is 4.39 Å². The van der Waals surface area contributed by atoms with Crippen molar-refractivity contribution < 1.29 is 4.39 Å². The van der Waals surface area contributed by atoms with Crippen LogP contribution in [0.4, 0.5) is 4.39 Å². The van der Waals surface area contributed by atoms with Crippen molar-refractivity contribution in [3.05, 3.63) is 34.1 Å². The predicted octanol–water partition coefficient (Wildman–Crippen LogP) is 3.82. The SMILES string of the molecule is CCCCN(C)Cc1ccc(Br)cc1F. The zero-order valence-corrected chi connectivity index (χ0v) is 10.8. The third-order valence-electron chi connectivity index (χ3n) is 2.35. The average molecular weight is 274 g/mol. The molecular formula is C12H17BrFN. The topological polar surface area (TPSA) is 3.24 Å². The van der Waals surface area contributed by atoms with Crippen LogP contribution in [0.25, 0.3) is 0 Å². The summed E-state index contributed by atoms with van der Waals surface area (Å²) in [5.41, 5.74) is 0.761. The van der Waals surface area contributed by atoms with Crippen LogP contribution in [0.5, 0.6) is 0 Å². The van der Waals surface area contributed by atoms with Crippen molar-refractivity contribution in [1.29, 1.82) is 0 Å². The van der Waals surface area contributed by atoms with Crippen molar-refractivity contribution >= 4 is 15.9 Å². The highest BCUT2D eigenvalue weighted by atomic mass is 79.9. The highest BCUT2D eigenvalue weighted by molar-refractivity contribution is 9.10. The van der Waals surface area contributed by atoms with Gasteiger partial charge in [-0.05, 0) is 32.1 Å². The number of hydrogen-bond donors (Lipinski definition) is 0. The summed E-state index contributed by atoms with van der Waals surface area (Å²) >= 11 is 3.25. The molecule has 1 rings (SSSR count). The monoisotopic (exact) mass is 273 g/mol. The number of rotatable bonds is 5. The highest BCUT2D eigenvalue weighted by Crippen LogP contribution is 2.16. The molecule has 3 heteroatoms. The van der Waals surface area contributed by atoms with Crippen LogP contribution in [0.15, 0.2) is 22.7 Å². The molecule has 84 valence electrons.